The molecule has 4 fully saturated rings. The molecule has 0 amide bonds. The van der Waals surface area contributed by atoms with E-state index < -0.39 is 48.3 Å². The van der Waals surface area contributed by atoms with Crippen LogP contribution in [-0.4, -0.2) is 67.5 Å². The Kier molecular flexibility index (Phi) is 15.2. The fourth-order valence-corrected chi connectivity index (χ4v) is 10.5. The molecule has 4 aliphatic carbocycles. The fraction of sp³-hybridized carbons (Fsp3) is 0.854. The first-order valence-electron chi connectivity index (χ1n) is 20.2. The zero-order valence-corrected chi connectivity index (χ0v) is 33.1. The number of carbonyl (C=O) groups is 6. The summed E-state index contributed by atoms with van der Waals surface area (Å²) in [6.45, 7) is 12.9. The summed E-state index contributed by atoms with van der Waals surface area (Å²) < 4.78 is 32.1. The van der Waals surface area contributed by atoms with Crippen LogP contribution in [0.4, 0.5) is 4.79 Å². The maximum absolute atomic E-state index is 12.8. The Morgan fingerprint density at radius 1 is 0.679 bits per heavy atom. The number of ether oxygens (including phenoxy) is 6. The van der Waals surface area contributed by atoms with E-state index in [4.69, 9.17) is 28.4 Å². The third kappa shape index (κ3) is 11.0. The number of Topliss-reactive ketones (excluding diaryl/α,β-unsaturated/α-hetero) is 1. The van der Waals surface area contributed by atoms with Gasteiger partial charge in [0.05, 0.1) is 0 Å². The van der Waals surface area contributed by atoms with Crippen molar-refractivity contribution in [3.05, 3.63) is 0 Å². The zero-order chi connectivity index (χ0) is 38.9. The molecule has 0 heterocycles. The molecule has 3 unspecified atom stereocenters. The van der Waals surface area contributed by atoms with E-state index in [2.05, 4.69) is 13.8 Å². The van der Waals surface area contributed by atoms with E-state index >= 15 is 0 Å². The van der Waals surface area contributed by atoms with Crippen molar-refractivity contribution < 1.29 is 57.2 Å². The number of ketones is 1. The number of fused-ring (bicyclic) bond motifs is 5. The van der Waals surface area contributed by atoms with Crippen molar-refractivity contribution in [1.29, 1.82) is 0 Å². The first kappa shape index (κ1) is 42.6. The van der Waals surface area contributed by atoms with E-state index in [1.54, 1.807) is 13.8 Å². The molecule has 0 saturated heterocycles. The molecular formula is C41H64O12. The van der Waals surface area contributed by atoms with Gasteiger partial charge >= 0.3 is 30.0 Å². The summed E-state index contributed by atoms with van der Waals surface area (Å²) in [6, 6.07) is 0. The average molecular weight is 749 g/mol. The van der Waals surface area contributed by atoms with Crippen LogP contribution in [-0.2, 0) is 52.4 Å². The van der Waals surface area contributed by atoms with E-state index in [0.717, 1.165) is 51.4 Å². The summed E-state index contributed by atoms with van der Waals surface area (Å²) in [5.74, 6) is 0.234. The van der Waals surface area contributed by atoms with Crippen molar-refractivity contribution in [3.63, 3.8) is 0 Å². The lowest BCUT2D eigenvalue weighted by atomic mass is 9.44. The van der Waals surface area contributed by atoms with Gasteiger partial charge in [0.15, 0.2) is 6.10 Å². The van der Waals surface area contributed by atoms with E-state index in [9.17, 15) is 28.8 Å². The minimum Gasteiger partial charge on any atom is -0.462 e. The Balaban J connectivity index is 1.18. The van der Waals surface area contributed by atoms with Crippen LogP contribution in [0.1, 0.15) is 145 Å². The Labute approximate surface area is 315 Å². The van der Waals surface area contributed by atoms with Crippen molar-refractivity contribution in [2.75, 3.05) is 13.2 Å². The molecule has 4 saturated carbocycles. The molecule has 0 aliphatic heterocycles. The third-order valence-corrected chi connectivity index (χ3v) is 13.0. The zero-order valence-electron chi connectivity index (χ0n) is 33.1. The molecule has 300 valence electrons. The molecule has 0 bridgehead atoms. The van der Waals surface area contributed by atoms with Gasteiger partial charge in [-0.1, -0.05) is 34.6 Å². The molecular weight excluding hydrogens is 684 g/mol. The van der Waals surface area contributed by atoms with Crippen molar-refractivity contribution in [2.45, 2.75) is 163 Å². The van der Waals surface area contributed by atoms with Crippen LogP contribution in [0.2, 0.25) is 0 Å². The maximum atomic E-state index is 12.8. The first-order valence-corrected chi connectivity index (χ1v) is 20.2. The standard InChI is InChI=1S/C41H64O12/c1-8-10-35(43)48-23-30(24-49-36(44)11-9-2)52-38(46)21-25(3)20-37(45)50-27(5)51-39(47)53-29-16-18-40(6)28(22-29)12-13-31-33-15-14-32(26(4)42)41(33,7)19-17-34(31)40/h25,27-34H,8-24H2,1-7H3/t25?,27?,28-,29+,31-,32?,33-,34-,40-,41+/m0/s1. The van der Waals surface area contributed by atoms with Crippen molar-refractivity contribution in [2.24, 2.45) is 46.3 Å². The second kappa shape index (κ2) is 18.9. The first-order chi connectivity index (χ1) is 25.1. The van der Waals surface area contributed by atoms with Crippen molar-refractivity contribution in [1.82, 2.24) is 0 Å². The summed E-state index contributed by atoms with van der Waals surface area (Å²) in [5.41, 5.74) is 0.325. The molecule has 0 aromatic heterocycles. The monoisotopic (exact) mass is 748 g/mol. The van der Waals surface area contributed by atoms with E-state index in [0.29, 0.717) is 42.3 Å². The summed E-state index contributed by atoms with van der Waals surface area (Å²) in [7, 11) is 0. The minimum absolute atomic E-state index is 0.132. The van der Waals surface area contributed by atoms with Gasteiger partial charge < -0.3 is 28.4 Å². The lowest BCUT2D eigenvalue weighted by Gasteiger charge is -2.61. The van der Waals surface area contributed by atoms with Gasteiger partial charge in [-0.05, 0) is 118 Å². The normalized spacial score (nSPS) is 31.5. The predicted octanol–water partition coefficient (Wildman–Crippen LogP) is 7.66. The largest absolute Gasteiger partial charge is 0.511 e. The molecule has 4 rings (SSSR count). The van der Waals surface area contributed by atoms with Gasteiger partial charge in [-0.2, -0.15) is 0 Å². The van der Waals surface area contributed by atoms with Crippen molar-refractivity contribution >= 4 is 35.8 Å². The number of hydrogen-bond donors (Lipinski definition) is 0. The smallest absolute Gasteiger partial charge is 0.462 e. The Hall–Kier alpha value is -3.18. The van der Waals surface area contributed by atoms with Crippen LogP contribution in [0.5, 0.6) is 0 Å². The van der Waals surface area contributed by atoms with Crippen LogP contribution in [0.3, 0.4) is 0 Å². The highest BCUT2D eigenvalue weighted by Gasteiger charge is 2.61. The highest BCUT2D eigenvalue weighted by atomic mass is 16.8. The molecule has 53 heavy (non-hydrogen) atoms. The van der Waals surface area contributed by atoms with Gasteiger partial charge in [0.25, 0.3) is 0 Å². The van der Waals surface area contributed by atoms with E-state index in [1.807, 2.05) is 13.8 Å². The molecule has 0 radical (unpaired) electrons. The number of esters is 4. The summed E-state index contributed by atoms with van der Waals surface area (Å²) >= 11 is 0. The topological polar surface area (TPSA) is 158 Å². The number of rotatable bonds is 17. The Morgan fingerprint density at radius 2 is 1.26 bits per heavy atom. The second-order valence-corrected chi connectivity index (χ2v) is 16.9. The lowest BCUT2D eigenvalue weighted by Crippen LogP contribution is -2.54. The Bertz CT molecular complexity index is 1290. The molecule has 12 heteroatoms. The van der Waals surface area contributed by atoms with Gasteiger partial charge in [0.1, 0.15) is 25.1 Å². The van der Waals surface area contributed by atoms with Gasteiger partial charge in [-0.3, -0.25) is 24.0 Å². The quantitative estimate of drug-likeness (QED) is 0.0814. The van der Waals surface area contributed by atoms with Crippen LogP contribution >= 0.6 is 0 Å². The average Bonchev–Trinajstić information content (AvgIpc) is 3.43. The van der Waals surface area contributed by atoms with E-state index in [1.165, 1.54) is 13.3 Å². The summed E-state index contributed by atoms with van der Waals surface area (Å²) in [4.78, 5) is 74.2. The van der Waals surface area contributed by atoms with Gasteiger partial charge in [0, 0.05) is 38.5 Å². The molecule has 12 nitrogen and oxygen atoms in total. The maximum Gasteiger partial charge on any atom is 0.511 e. The van der Waals surface area contributed by atoms with Crippen molar-refractivity contribution in [3.8, 4) is 0 Å². The lowest BCUT2D eigenvalue weighted by molar-refractivity contribution is -0.173. The van der Waals surface area contributed by atoms with Gasteiger partial charge in [0.2, 0.25) is 6.29 Å². The molecule has 4 aliphatic rings. The van der Waals surface area contributed by atoms with Crippen LogP contribution < -0.4 is 0 Å². The Morgan fingerprint density at radius 3 is 1.87 bits per heavy atom. The minimum atomic E-state index is -1.18. The molecule has 0 spiro atoms. The van der Waals surface area contributed by atoms with E-state index in [-0.39, 0.29) is 61.7 Å². The third-order valence-electron chi connectivity index (χ3n) is 13.0. The van der Waals surface area contributed by atoms with Gasteiger partial charge in [-0.25, -0.2) is 4.79 Å². The molecule has 10 atom stereocenters. The molecule has 0 aromatic carbocycles. The summed E-state index contributed by atoms with van der Waals surface area (Å²) in [6.07, 6.45) is 7.31. The predicted molar refractivity (Wildman–Crippen MR) is 193 cm³/mol. The second-order valence-electron chi connectivity index (χ2n) is 16.9. The summed E-state index contributed by atoms with van der Waals surface area (Å²) in [5, 5.41) is 0. The van der Waals surface area contributed by atoms with Gasteiger partial charge in [-0.15, -0.1) is 0 Å². The fourth-order valence-electron chi connectivity index (χ4n) is 10.5. The van der Waals surface area contributed by atoms with Crippen LogP contribution in [0.25, 0.3) is 0 Å². The highest BCUT2D eigenvalue weighted by molar-refractivity contribution is 5.79. The SMILES string of the molecule is CCCC(=O)OCC(COC(=O)CCC)OC(=O)CC(C)CC(=O)OC(C)OC(=O)O[C@@H]1CC[C@@]2(C)[C@@H](CC[C@@H]3[C@@H]2CC[C@]2(C)C(C(C)=O)CC[C@@H]32)C1. The highest BCUT2D eigenvalue weighted by Crippen LogP contribution is 2.67. The molecule has 0 N–H and O–H groups in total. The van der Waals surface area contributed by atoms with Crippen LogP contribution in [0.15, 0.2) is 0 Å². The molecule has 0 aromatic rings. The van der Waals surface area contributed by atoms with Crippen LogP contribution in [0, 0.1) is 46.3 Å². The number of carbonyl (C=O) groups excluding carboxylic acids is 6. The number of hydrogen-bond acceptors (Lipinski definition) is 12.